The first-order chi connectivity index (χ1) is 14.6. The molecule has 2 heterocycles. The molecule has 0 saturated heterocycles. The van der Waals surface area contributed by atoms with Crippen molar-refractivity contribution in [2.45, 2.75) is 13.3 Å². The van der Waals surface area contributed by atoms with Gasteiger partial charge >= 0.3 is 0 Å². The molecule has 0 unspecified atom stereocenters. The van der Waals surface area contributed by atoms with Crippen LogP contribution in [-0.2, 0) is 6.42 Å². The monoisotopic (exact) mass is 396 g/mol. The van der Waals surface area contributed by atoms with Crippen LogP contribution in [0.4, 0.5) is 0 Å². The largest absolute Gasteiger partial charge is 0.497 e. The zero-order chi connectivity index (χ0) is 20.7. The topological polar surface area (TPSA) is 48.7 Å². The minimum atomic E-state index is -0.144. The summed E-state index contributed by atoms with van der Waals surface area (Å²) in [4.78, 5) is 13.4. The van der Waals surface area contributed by atoms with Gasteiger partial charge < -0.3 is 13.9 Å². The summed E-state index contributed by atoms with van der Waals surface area (Å²) in [6.45, 7) is 2.00. The van der Waals surface area contributed by atoms with Gasteiger partial charge in [0, 0.05) is 22.6 Å². The summed E-state index contributed by atoms with van der Waals surface area (Å²) in [6, 6.07) is 19.1. The molecule has 4 heteroatoms. The van der Waals surface area contributed by atoms with Crippen molar-refractivity contribution < 1.29 is 18.7 Å². The maximum atomic E-state index is 13.4. The minimum Gasteiger partial charge on any atom is -0.497 e. The molecule has 148 valence electrons. The molecule has 1 aliphatic heterocycles. The van der Waals surface area contributed by atoms with E-state index in [1.165, 1.54) is 0 Å². The van der Waals surface area contributed by atoms with Crippen molar-refractivity contribution in [3.63, 3.8) is 0 Å². The van der Waals surface area contributed by atoms with E-state index < -0.39 is 0 Å². The molecule has 1 aromatic heterocycles. The number of hydrogen-bond donors (Lipinski definition) is 0. The van der Waals surface area contributed by atoms with E-state index in [9.17, 15) is 4.79 Å². The highest BCUT2D eigenvalue weighted by atomic mass is 16.5. The van der Waals surface area contributed by atoms with Gasteiger partial charge in [0.2, 0.25) is 5.78 Å². The standard InChI is InChI=1S/C26H20O4/c1-16-5-7-18(8-6-16)25(27)26-24(17-9-11-20(28-2)12-10-17)21-14-19-4-3-13-29-22(19)15-23(21)30-26/h3,5-15H,4H2,1-2H3. The van der Waals surface area contributed by atoms with Gasteiger partial charge in [-0.15, -0.1) is 0 Å². The molecule has 0 radical (unpaired) electrons. The summed E-state index contributed by atoms with van der Waals surface area (Å²) < 4.78 is 17.1. The highest BCUT2D eigenvalue weighted by Gasteiger charge is 2.25. The van der Waals surface area contributed by atoms with Crippen LogP contribution in [0.1, 0.15) is 27.2 Å². The third kappa shape index (κ3) is 3.07. The van der Waals surface area contributed by atoms with Crippen molar-refractivity contribution in [3.05, 3.63) is 95.5 Å². The summed E-state index contributed by atoms with van der Waals surface area (Å²) in [7, 11) is 1.63. The Morgan fingerprint density at radius 1 is 1.00 bits per heavy atom. The average molecular weight is 396 g/mol. The fraction of sp³-hybridized carbons (Fsp3) is 0.115. The van der Waals surface area contributed by atoms with Gasteiger partial charge in [-0.1, -0.05) is 42.0 Å². The molecule has 3 aromatic carbocycles. The van der Waals surface area contributed by atoms with Gasteiger partial charge in [-0.25, -0.2) is 0 Å². The number of ketones is 1. The summed E-state index contributed by atoms with van der Waals surface area (Å²) in [5.74, 6) is 1.70. The number of benzene rings is 3. The van der Waals surface area contributed by atoms with Crippen LogP contribution in [0.2, 0.25) is 0 Å². The Bertz CT molecular complexity index is 1280. The molecule has 4 aromatic rings. The summed E-state index contributed by atoms with van der Waals surface area (Å²) in [6.07, 6.45) is 4.43. The molecule has 0 amide bonds. The Morgan fingerprint density at radius 3 is 2.50 bits per heavy atom. The maximum Gasteiger partial charge on any atom is 0.228 e. The molecular weight excluding hydrogens is 376 g/mol. The van der Waals surface area contributed by atoms with Crippen LogP contribution >= 0.6 is 0 Å². The number of methoxy groups -OCH3 is 1. The van der Waals surface area contributed by atoms with Crippen LogP contribution in [-0.4, -0.2) is 12.9 Å². The summed E-state index contributed by atoms with van der Waals surface area (Å²) in [5.41, 5.74) is 5.08. The second kappa shape index (κ2) is 7.23. The first-order valence-corrected chi connectivity index (χ1v) is 9.81. The van der Waals surface area contributed by atoms with Crippen LogP contribution in [0, 0.1) is 6.92 Å². The number of aryl methyl sites for hydroxylation is 1. The Morgan fingerprint density at radius 2 is 1.77 bits per heavy atom. The Labute approximate surface area is 174 Å². The molecule has 0 N–H and O–H groups in total. The lowest BCUT2D eigenvalue weighted by molar-refractivity contribution is 0.101. The molecule has 4 nitrogen and oxygen atoms in total. The van der Waals surface area contributed by atoms with Crippen molar-refractivity contribution in [1.82, 2.24) is 0 Å². The molecule has 0 fully saturated rings. The van der Waals surface area contributed by atoms with Gasteiger partial charge in [0.25, 0.3) is 0 Å². The fourth-order valence-corrected chi connectivity index (χ4v) is 3.78. The molecule has 30 heavy (non-hydrogen) atoms. The molecule has 1 aliphatic rings. The zero-order valence-corrected chi connectivity index (χ0v) is 16.8. The van der Waals surface area contributed by atoms with Crippen LogP contribution in [0.5, 0.6) is 11.5 Å². The number of carbonyl (C=O) groups excluding carboxylic acids is 1. The first kappa shape index (κ1) is 18.3. The third-order valence-corrected chi connectivity index (χ3v) is 5.40. The van der Waals surface area contributed by atoms with Gasteiger partial charge in [-0.05, 0) is 48.7 Å². The molecule has 0 aliphatic carbocycles. The van der Waals surface area contributed by atoms with Gasteiger partial charge in [-0.3, -0.25) is 4.79 Å². The third-order valence-electron chi connectivity index (χ3n) is 5.40. The van der Waals surface area contributed by atoms with E-state index in [2.05, 4.69) is 6.07 Å². The second-order valence-corrected chi connectivity index (χ2v) is 7.38. The van der Waals surface area contributed by atoms with E-state index in [0.717, 1.165) is 45.6 Å². The van der Waals surface area contributed by atoms with Gasteiger partial charge in [0.05, 0.1) is 13.4 Å². The van der Waals surface area contributed by atoms with Crippen molar-refractivity contribution in [2.24, 2.45) is 0 Å². The number of allylic oxidation sites excluding steroid dienone is 1. The van der Waals surface area contributed by atoms with Crippen LogP contribution < -0.4 is 9.47 Å². The van der Waals surface area contributed by atoms with E-state index in [1.54, 1.807) is 13.4 Å². The SMILES string of the molecule is COc1ccc(-c2c(C(=O)c3ccc(C)cc3)oc3cc4c(cc23)CC=CO4)cc1. The first-order valence-electron chi connectivity index (χ1n) is 9.81. The van der Waals surface area contributed by atoms with E-state index in [-0.39, 0.29) is 5.78 Å². The number of furan rings is 1. The van der Waals surface area contributed by atoms with E-state index >= 15 is 0 Å². The maximum absolute atomic E-state index is 13.4. The lowest BCUT2D eigenvalue weighted by atomic mass is 9.96. The highest BCUT2D eigenvalue weighted by molar-refractivity contribution is 6.15. The lowest BCUT2D eigenvalue weighted by Crippen LogP contribution is -2.01. The van der Waals surface area contributed by atoms with E-state index in [1.807, 2.05) is 67.6 Å². The normalized spacial score (nSPS) is 12.5. The summed E-state index contributed by atoms with van der Waals surface area (Å²) in [5, 5.41) is 0.897. The van der Waals surface area contributed by atoms with E-state index in [0.29, 0.717) is 16.9 Å². The Hall–Kier alpha value is -3.79. The number of hydrogen-bond acceptors (Lipinski definition) is 4. The lowest BCUT2D eigenvalue weighted by Gasteiger charge is -2.11. The van der Waals surface area contributed by atoms with Crippen LogP contribution in [0.3, 0.4) is 0 Å². The predicted octanol–water partition coefficient (Wildman–Crippen LogP) is 6.10. The van der Waals surface area contributed by atoms with Gasteiger partial charge in [0.15, 0.2) is 5.76 Å². The second-order valence-electron chi connectivity index (χ2n) is 7.38. The van der Waals surface area contributed by atoms with Crippen LogP contribution in [0.15, 0.2) is 77.4 Å². The van der Waals surface area contributed by atoms with Crippen molar-refractivity contribution in [2.75, 3.05) is 7.11 Å². The van der Waals surface area contributed by atoms with Gasteiger partial charge in [0.1, 0.15) is 17.1 Å². The molecule has 0 saturated carbocycles. The Balaban J connectivity index is 1.73. The van der Waals surface area contributed by atoms with E-state index in [4.69, 9.17) is 13.9 Å². The predicted molar refractivity (Wildman–Crippen MR) is 116 cm³/mol. The molecule has 0 atom stereocenters. The van der Waals surface area contributed by atoms with Gasteiger partial charge in [-0.2, -0.15) is 0 Å². The quantitative estimate of drug-likeness (QED) is 0.391. The van der Waals surface area contributed by atoms with Crippen molar-refractivity contribution >= 4 is 16.8 Å². The number of ether oxygens (including phenoxy) is 2. The number of fused-ring (bicyclic) bond motifs is 2. The average Bonchev–Trinajstić information content (AvgIpc) is 3.15. The number of rotatable bonds is 4. The summed E-state index contributed by atoms with van der Waals surface area (Å²) >= 11 is 0. The molecule has 5 rings (SSSR count). The highest BCUT2D eigenvalue weighted by Crippen LogP contribution is 2.40. The minimum absolute atomic E-state index is 0.144. The molecule has 0 bridgehead atoms. The number of carbonyl (C=O) groups is 1. The Kier molecular flexibility index (Phi) is 4.40. The van der Waals surface area contributed by atoms with Crippen LogP contribution in [0.25, 0.3) is 22.1 Å². The zero-order valence-electron chi connectivity index (χ0n) is 16.8. The van der Waals surface area contributed by atoms with Crippen molar-refractivity contribution in [1.29, 1.82) is 0 Å². The smallest absolute Gasteiger partial charge is 0.228 e. The van der Waals surface area contributed by atoms with Crippen molar-refractivity contribution in [3.8, 4) is 22.6 Å². The fourth-order valence-electron chi connectivity index (χ4n) is 3.78. The molecular formula is C26H20O4. The molecule has 0 spiro atoms.